The van der Waals surface area contributed by atoms with Gasteiger partial charge in [-0.3, -0.25) is 10.2 Å². The van der Waals surface area contributed by atoms with Gasteiger partial charge in [0.1, 0.15) is 5.54 Å². The number of ether oxygens (including phenoxy) is 1. The Bertz CT molecular complexity index is 294. The summed E-state index contributed by atoms with van der Waals surface area (Å²) >= 11 is 0. The van der Waals surface area contributed by atoms with E-state index in [1.807, 2.05) is 0 Å². The fourth-order valence-electron chi connectivity index (χ4n) is 3.13. The molecule has 4 heteroatoms. The van der Waals surface area contributed by atoms with E-state index in [0.29, 0.717) is 6.04 Å². The van der Waals surface area contributed by atoms with Crippen molar-refractivity contribution >= 4 is 0 Å². The fourth-order valence-corrected chi connectivity index (χ4v) is 3.13. The van der Waals surface area contributed by atoms with Gasteiger partial charge in [0.05, 0.1) is 12.7 Å². The second-order valence-electron chi connectivity index (χ2n) is 5.52. The van der Waals surface area contributed by atoms with Gasteiger partial charge in [0.15, 0.2) is 0 Å². The van der Waals surface area contributed by atoms with Crippen LogP contribution in [0.5, 0.6) is 0 Å². The summed E-state index contributed by atoms with van der Waals surface area (Å²) < 4.78 is 5.51. The van der Waals surface area contributed by atoms with Gasteiger partial charge in [0.25, 0.3) is 0 Å². The minimum Gasteiger partial charge on any atom is -0.380 e. The highest BCUT2D eigenvalue weighted by atomic mass is 16.5. The number of rotatable bonds is 4. The molecule has 0 spiro atoms. The lowest BCUT2D eigenvalue weighted by molar-refractivity contribution is 0.131. The average molecular weight is 251 g/mol. The molecule has 2 aliphatic rings. The molecule has 18 heavy (non-hydrogen) atoms. The molecule has 2 rings (SSSR count). The normalized spacial score (nSPS) is 34.1. The van der Waals surface area contributed by atoms with Crippen LogP contribution in [-0.2, 0) is 4.74 Å². The smallest absolute Gasteiger partial charge is 0.108 e. The van der Waals surface area contributed by atoms with Crippen LogP contribution in [0.1, 0.15) is 39.0 Å². The van der Waals surface area contributed by atoms with Crippen molar-refractivity contribution < 1.29 is 4.74 Å². The van der Waals surface area contributed by atoms with Crippen LogP contribution in [-0.4, -0.2) is 49.3 Å². The number of nitrogens with one attached hydrogen (secondary N) is 1. The molecule has 0 bridgehead atoms. The SMILES string of the molecule is CCCNC1(C#N)CCC(N2CCCOCC2)C1. The van der Waals surface area contributed by atoms with Gasteiger partial charge in [0, 0.05) is 25.7 Å². The summed E-state index contributed by atoms with van der Waals surface area (Å²) in [6.07, 6.45) is 5.32. The first-order valence-electron chi connectivity index (χ1n) is 7.28. The predicted molar refractivity (Wildman–Crippen MR) is 71.3 cm³/mol. The largest absolute Gasteiger partial charge is 0.380 e. The van der Waals surface area contributed by atoms with Crippen molar-refractivity contribution in [3.8, 4) is 6.07 Å². The summed E-state index contributed by atoms with van der Waals surface area (Å²) in [6, 6.07) is 3.09. The molecule has 102 valence electrons. The molecule has 1 N–H and O–H groups in total. The molecule has 2 unspecified atom stereocenters. The zero-order valence-electron chi connectivity index (χ0n) is 11.5. The molecule has 1 aliphatic heterocycles. The van der Waals surface area contributed by atoms with Gasteiger partial charge in [-0.15, -0.1) is 0 Å². The fraction of sp³-hybridized carbons (Fsp3) is 0.929. The molecule has 0 aromatic rings. The maximum atomic E-state index is 9.46. The van der Waals surface area contributed by atoms with E-state index in [1.165, 1.54) is 0 Å². The first kappa shape index (κ1) is 13.8. The standard InChI is InChI=1S/C14H25N3O/c1-2-6-16-14(12-15)5-4-13(11-14)17-7-3-9-18-10-8-17/h13,16H,2-11H2,1H3. The van der Waals surface area contributed by atoms with Crippen LogP contribution in [0.3, 0.4) is 0 Å². The van der Waals surface area contributed by atoms with Crippen LogP contribution in [0.2, 0.25) is 0 Å². The van der Waals surface area contributed by atoms with Crippen molar-refractivity contribution in [1.29, 1.82) is 5.26 Å². The van der Waals surface area contributed by atoms with E-state index in [9.17, 15) is 5.26 Å². The molecule has 1 aliphatic carbocycles. The minimum atomic E-state index is -0.270. The molecule has 2 atom stereocenters. The number of nitriles is 1. The van der Waals surface area contributed by atoms with Gasteiger partial charge in [-0.1, -0.05) is 6.92 Å². The summed E-state index contributed by atoms with van der Waals surface area (Å²) in [4.78, 5) is 2.53. The van der Waals surface area contributed by atoms with Crippen molar-refractivity contribution in [2.45, 2.75) is 50.6 Å². The van der Waals surface area contributed by atoms with Gasteiger partial charge in [-0.2, -0.15) is 5.26 Å². The molecule has 0 aromatic carbocycles. The molecule has 0 aromatic heterocycles. The van der Waals surface area contributed by atoms with E-state index >= 15 is 0 Å². The lowest BCUT2D eigenvalue weighted by atomic mass is 9.99. The minimum absolute atomic E-state index is 0.270. The van der Waals surface area contributed by atoms with Crippen LogP contribution in [0.4, 0.5) is 0 Å². The van der Waals surface area contributed by atoms with Crippen LogP contribution < -0.4 is 5.32 Å². The summed E-state index contributed by atoms with van der Waals surface area (Å²) in [5.41, 5.74) is -0.270. The van der Waals surface area contributed by atoms with E-state index in [4.69, 9.17) is 4.74 Å². The van der Waals surface area contributed by atoms with E-state index < -0.39 is 0 Å². The number of nitrogens with zero attached hydrogens (tertiary/aromatic N) is 2. The highest BCUT2D eigenvalue weighted by Crippen LogP contribution is 2.33. The first-order chi connectivity index (χ1) is 8.79. The Labute approximate surface area is 110 Å². The lowest BCUT2D eigenvalue weighted by Gasteiger charge is -2.28. The van der Waals surface area contributed by atoms with Crippen molar-refractivity contribution in [3.63, 3.8) is 0 Å². The van der Waals surface area contributed by atoms with Gasteiger partial charge in [0.2, 0.25) is 0 Å². The third-order valence-corrected chi connectivity index (χ3v) is 4.19. The Kier molecular flexibility index (Phi) is 4.99. The maximum Gasteiger partial charge on any atom is 0.108 e. The van der Waals surface area contributed by atoms with Gasteiger partial charge in [-0.05, 0) is 38.6 Å². The molecule has 2 fully saturated rings. The van der Waals surface area contributed by atoms with E-state index in [-0.39, 0.29) is 5.54 Å². The van der Waals surface area contributed by atoms with Crippen molar-refractivity contribution in [2.75, 3.05) is 32.8 Å². The Morgan fingerprint density at radius 2 is 2.33 bits per heavy atom. The first-order valence-corrected chi connectivity index (χ1v) is 7.28. The summed E-state index contributed by atoms with van der Waals surface area (Å²) in [6.45, 7) is 6.99. The highest BCUT2D eigenvalue weighted by Gasteiger charge is 2.41. The molecular weight excluding hydrogens is 226 g/mol. The number of hydrogen-bond acceptors (Lipinski definition) is 4. The van der Waals surface area contributed by atoms with Gasteiger partial charge in [-0.25, -0.2) is 0 Å². The number of hydrogen-bond donors (Lipinski definition) is 1. The van der Waals surface area contributed by atoms with Crippen LogP contribution in [0.15, 0.2) is 0 Å². The Morgan fingerprint density at radius 1 is 1.44 bits per heavy atom. The summed E-state index contributed by atoms with van der Waals surface area (Å²) in [7, 11) is 0. The van der Waals surface area contributed by atoms with E-state index in [0.717, 1.165) is 65.0 Å². The monoisotopic (exact) mass is 251 g/mol. The predicted octanol–water partition coefficient (Wildman–Crippen LogP) is 1.52. The second-order valence-corrected chi connectivity index (χ2v) is 5.52. The van der Waals surface area contributed by atoms with Crippen LogP contribution >= 0.6 is 0 Å². The quantitative estimate of drug-likeness (QED) is 0.823. The lowest BCUT2D eigenvalue weighted by Crippen LogP contribution is -2.44. The average Bonchev–Trinajstić information content (AvgIpc) is 2.64. The third-order valence-electron chi connectivity index (χ3n) is 4.19. The summed E-state index contributed by atoms with van der Waals surface area (Å²) in [5, 5.41) is 12.9. The summed E-state index contributed by atoms with van der Waals surface area (Å²) in [5.74, 6) is 0. The second kappa shape index (κ2) is 6.51. The molecule has 1 saturated heterocycles. The zero-order valence-corrected chi connectivity index (χ0v) is 11.5. The van der Waals surface area contributed by atoms with Crippen LogP contribution in [0.25, 0.3) is 0 Å². The van der Waals surface area contributed by atoms with Crippen molar-refractivity contribution in [3.05, 3.63) is 0 Å². The van der Waals surface area contributed by atoms with E-state index in [2.05, 4.69) is 23.2 Å². The molecule has 1 heterocycles. The van der Waals surface area contributed by atoms with Crippen molar-refractivity contribution in [1.82, 2.24) is 10.2 Å². The Hall–Kier alpha value is -0.630. The van der Waals surface area contributed by atoms with Crippen molar-refractivity contribution in [2.24, 2.45) is 0 Å². The molecule has 0 radical (unpaired) electrons. The van der Waals surface area contributed by atoms with Gasteiger partial charge >= 0.3 is 0 Å². The Morgan fingerprint density at radius 3 is 3.11 bits per heavy atom. The topological polar surface area (TPSA) is 48.3 Å². The maximum absolute atomic E-state index is 9.46. The zero-order chi connectivity index (χ0) is 12.8. The highest BCUT2D eigenvalue weighted by molar-refractivity contribution is 5.13. The van der Waals surface area contributed by atoms with Gasteiger partial charge < -0.3 is 4.74 Å². The third kappa shape index (κ3) is 3.23. The molecule has 0 amide bonds. The molecule has 4 nitrogen and oxygen atoms in total. The van der Waals surface area contributed by atoms with Crippen LogP contribution in [0, 0.1) is 11.3 Å². The molecule has 1 saturated carbocycles. The molecular formula is C14H25N3O. The Balaban J connectivity index is 1.91. The van der Waals surface area contributed by atoms with E-state index in [1.54, 1.807) is 0 Å².